The van der Waals surface area contributed by atoms with Crippen molar-refractivity contribution in [3.63, 3.8) is 0 Å². The van der Waals surface area contributed by atoms with E-state index in [-0.39, 0.29) is 18.0 Å². The van der Waals surface area contributed by atoms with Crippen LogP contribution in [0.5, 0.6) is 0 Å². The summed E-state index contributed by atoms with van der Waals surface area (Å²) in [4.78, 5) is 11.9. The molecule has 0 bridgehead atoms. The highest BCUT2D eigenvalue weighted by Gasteiger charge is 2.09. The molecule has 98 valence electrons. The number of ketones is 1. The summed E-state index contributed by atoms with van der Waals surface area (Å²) in [6.45, 7) is 0. The molecule has 0 spiro atoms. The Labute approximate surface area is 120 Å². The predicted octanol–water partition coefficient (Wildman–Crippen LogP) is 4.33. The number of carbonyl (C=O) groups is 1. The third-order valence-electron chi connectivity index (χ3n) is 2.95. The van der Waals surface area contributed by atoms with E-state index >= 15 is 0 Å². The summed E-state index contributed by atoms with van der Waals surface area (Å²) in [7, 11) is 0. The molecular formula is C16H14BrFO. The van der Waals surface area contributed by atoms with E-state index in [9.17, 15) is 9.18 Å². The SMILES string of the molecule is O=C(CCc1ccccc1)Cc1cccc(F)c1Br. The summed E-state index contributed by atoms with van der Waals surface area (Å²) < 4.78 is 13.7. The van der Waals surface area contributed by atoms with Crippen LogP contribution in [-0.2, 0) is 17.6 Å². The molecule has 0 fully saturated rings. The molecule has 2 rings (SSSR count). The van der Waals surface area contributed by atoms with Gasteiger partial charge in [-0.1, -0.05) is 42.5 Å². The van der Waals surface area contributed by atoms with Gasteiger partial charge in [-0.15, -0.1) is 0 Å². The Balaban J connectivity index is 1.93. The fourth-order valence-electron chi connectivity index (χ4n) is 1.91. The maximum atomic E-state index is 13.3. The molecule has 2 aromatic rings. The summed E-state index contributed by atoms with van der Waals surface area (Å²) in [5.74, 6) is -0.205. The fourth-order valence-corrected chi connectivity index (χ4v) is 2.32. The first-order valence-corrected chi connectivity index (χ1v) is 6.94. The number of hydrogen-bond donors (Lipinski definition) is 0. The van der Waals surface area contributed by atoms with Crippen molar-refractivity contribution < 1.29 is 9.18 Å². The zero-order chi connectivity index (χ0) is 13.7. The van der Waals surface area contributed by atoms with Crippen molar-refractivity contribution in [3.05, 3.63) is 69.9 Å². The minimum Gasteiger partial charge on any atom is -0.299 e. The van der Waals surface area contributed by atoms with Crippen LogP contribution < -0.4 is 0 Å². The van der Waals surface area contributed by atoms with E-state index < -0.39 is 0 Å². The van der Waals surface area contributed by atoms with Crippen LogP contribution in [0.25, 0.3) is 0 Å². The van der Waals surface area contributed by atoms with Crippen LogP contribution in [0, 0.1) is 5.82 Å². The molecule has 0 N–H and O–H groups in total. The second-order valence-corrected chi connectivity index (χ2v) is 5.21. The van der Waals surface area contributed by atoms with Gasteiger partial charge in [0.25, 0.3) is 0 Å². The topological polar surface area (TPSA) is 17.1 Å². The van der Waals surface area contributed by atoms with Crippen molar-refractivity contribution in [1.82, 2.24) is 0 Å². The van der Waals surface area contributed by atoms with Crippen LogP contribution in [0.2, 0.25) is 0 Å². The van der Waals surface area contributed by atoms with Crippen LogP contribution >= 0.6 is 15.9 Å². The van der Waals surface area contributed by atoms with Crippen LogP contribution in [0.15, 0.2) is 53.0 Å². The highest BCUT2D eigenvalue weighted by molar-refractivity contribution is 9.10. The molecule has 0 saturated heterocycles. The quantitative estimate of drug-likeness (QED) is 0.801. The molecule has 0 aromatic heterocycles. The van der Waals surface area contributed by atoms with E-state index in [1.54, 1.807) is 12.1 Å². The van der Waals surface area contributed by atoms with Gasteiger partial charge in [0.05, 0.1) is 4.47 Å². The standard InChI is InChI=1S/C16H14BrFO/c17-16-13(7-4-8-15(16)18)11-14(19)10-9-12-5-2-1-3-6-12/h1-8H,9-11H2. The normalized spacial score (nSPS) is 10.4. The van der Waals surface area contributed by atoms with E-state index in [2.05, 4.69) is 15.9 Å². The van der Waals surface area contributed by atoms with E-state index in [0.29, 0.717) is 16.5 Å². The van der Waals surface area contributed by atoms with Crippen LogP contribution in [0.4, 0.5) is 4.39 Å². The molecule has 0 aliphatic heterocycles. The third-order valence-corrected chi connectivity index (χ3v) is 3.84. The fraction of sp³-hybridized carbons (Fsp3) is 0.188. The van der Waals surface area contributed by atoms with Gasteiger partial charge in [0.15, 0.2) is 0 Å². The number of Topliss-reactive ketones (excluding diaryl/α,β-unsaturated/α-hetero) is 1. The Hall–Kier alpha value is -1.48. The Morgan fingerprint density at radius 2 is 1.79 bits per heavy atom. The number of rotatable bonds is 5. The lowest BCUT2D eigenvalue weighted by Gasteiger charge is -2.05. The molecule has 1 nitrogen and oxygen atoms in total. The average molecular weight is 321 g/mol. The van der Waals surface area contributed by atoms with Gasteiger partial charge < -0.3 is 0 Å². The molecule has 0 radical (unpaired) electrons. The second kappa shape index (κ2) is 6.62. The maximum Gasteiger partial charge on any atom is 0.137 e. The summed E-state index contributed by atoms with van der Waals surface area (Å²) in [6, 6.07) is 14.7. The zero-order valence-corrected chi connectivity index (χ0v) is 12.0. The number of hydrogen-bond acceptors (Lipinski definition) is 1. The van der Waals surface area contributed by atoms with Gasteiger partial charge in [-0.05, 0) is 39.5 Å². The van der Waals surface area contributed by atoms with E-state index in [1.807, 2.05) is 30.3 Å². The molecule has 0 saturated carbocycles. The largest absolute Gasteiger partial charge is 0.299 e. The third kappa shape index (κ3) is 4.00. The first-order valence-electron chi connectivity index (χ1n) is 6.15. The van der Waals surface area contributed by atoms with Crippen molar-refractivity contribution in [2.24, 2.45) is 0 Å². The van der Waals surface area contributed by atoms with Gasteiger partial charge in [-0.2, -0.15) is 0 Å². The molecule has 0 unspecified atom stereocenters. The predicted molar refractivity (Wildman–Crippen MR) is 77.6 cm³/mol. The molecule has 2 aromatic carbocycles. The van der Waals surface area contributed by atoms with Crippen LogP contribution in [0.3, 0.4) is 0 Å². The number of carbonyl (C=O) groups excluding carboxylic acids is 1. The average Bonchev–Trinajstić information content (AvgIpc) is 2.43. The Morgan fingerprint density at radius 3 is 2.53 bits per heavy atom. The van der Waals surface area contributed by atoms with Crippen molar-refractivity contribution in [1.29, 1.82) is 0 Å². The molecule has 0 amide bonds. The van der Waals surface area contributed by atoms with Gasteiger partial charge in [-0.3, -0.25) is 4.79 Å². The van der Waals surface area contributed by atoms with Crippen molar-refractivity contribution in [3.8, 4) is 0 Å². The van der Waals surface area contributed by atoms with Gasteiger partial charge in [0, 0.05) is 12.8 Å². The molecule has 0 atom stereocenters. The van der Waals surface area contributed by atoms with Gasteiger partial charge in [-0.25, -0.2) is 4.39 Å². The van der Waals surface area contributed by atoms with Crippen molar-refractivity contribution in [2.75, 3.05) is 0 Å². The molecular weight excluding hydrogens is 307 g/mol. The van der Waals surface area contributed by atoms with Gasteiger partial charge in [0.1, 0.15) is 11.6 Å². The zero-order valence-electron chi connectivity index (χ0n) is 10.4. The van der Waals surface area contributed by atoms with E-state index in [1.165, 1.54) is 6.07 Å². The Kier molecular flexibility index (Phi) is 4.86. The monoisotopic (exact) mass is 320 g/mol. The van der Waals surface area contributed by atoms with Gasteiger partial charge in [0.2, 0.25) is 0 Å². The summed E-state index contributed by atoms with van der Waals surface area (Å²) >= 11 is 3.18. The summed E-state index contributed by atoms with van der Waals surface area (Å²) in [6.07, 6.45) is 1.48. The molecule has 19 heavy (non-hydrogen) atoms. The molecule has 0 aliphatic carbocycles. The number of aryl methyl sites for hydroxylation is 1. The highest BCUT2D eigenvalue weighted by atomic mass is 79.9. The lowest BCUT2D eigenvalue weighted by Crippen LogP contribution is -2.05. The lowest BCUT2D eigenvalue weighted by atomic mass is 10.0. The minimum absolute atomic E-state index is 0.121. The number of halogens is 2. The van der Waals surface area contributed by atoms with Gasteiger partial charge >= 0.3 is 0 Å². The smallest absolute Gasteiger partial charge is 0.137 e. The maximum absolute atomic E-state index is 13.3. The lowest BCUT2D eigenvalue weighted by molar-refractivity contribution is -0.118. The Bertz CT molecular complexity index is 566. The molecule has 0 heterocycles. The molecule has 3 heteroatoms. The summed E-state index contributed by atoms with van der Waals surface area (Å²) in [5, 5.41) is 0. The Morgan fingerprint density at radius 1 is 1.05 bits per heavy atom. The van der Waals surface area contributed by atoms with E-state index in [0.717, 1.165) is 12.0 Å². The van der Waals surface area contributed by atoms with Crippen molar-refractivity contribution >= 4 is 21.7 Å². The van der Waals surface area contributed by atoms with E-state index in [4.69, 9.17) is 0 Å². The first kappa shape index (κ1) is 13.9. The highest BCUT2D eigenvalue weighted by Crippen LogP contribution is 2.21. The second-order valence-electron chi connectivity index (χ2n) is 4.41. The summed E-state index contributed by atoms with van der Waals surface area (Å²) in [5.41, 5.74) is 1.85. The van der Waals surface area contributed by atoms with Crippen LogP contribution in [-0.4, -0.2) is 5.78 Å². The minimum atomic E-state index is -0.326. The van der Waals surface area contributed by atoms with Crippen LogP contribution in [0.1, 0.15) is 17.5 Å². The van der Waals surface area contributed by atoms with Crippen molar-refractivity contribution in [2.45, 2.75) is 19.3 Å². The number of benzene rings is 2. The first-order chi connectivity index (χ1) is 9.16. The molecule has 0 aliphatic rings.